The third-order valence-electron chi connectivity index (χ3n) is 11.8. The van der Waals surface area contributed by atoms with Crippen LogP contribution in [-0.2, 0) is 0 Å². The molecule has 0 aromatic rings. The summed E-state index contributed by atoms with van der Waals surface area (Å²) in [6.45, 7) is 14.8. The number of nitrogens with one attached hydrogen (secondary N) is 1. The van der Waals surface area contributed by atoms with Crippen LogP contribution in [0.3, 0.4) is 0 Å². The molecule has 272 valence electrons. The molecule has 3 heteroatoms. The lowest BCUT2D eigenvalue weighted by Gasteiger charge is -2.42. The van der Waals surface area contributed by atoms with E-state index in [0.29, 0.717) is 0 Å². The topological polar surface area (TPSA) is 12.0 Å². The van der Waals surface area contributed by atoms with Gasteiger partial charge >= 0.3 is 0 Å². The Balaban J connectivity index is 4.03. The van der Waals surface area contributed by atoms with Gasteiger partial charge in [0.05, 0.1) is 0 Å². The fraction of sp³-hybridized carbons (Fsp3) is 1.00. The van der Waals surface area contributed by atoms with Gasteiger partial charge in [-0.3, -0.25) is 0 Å². The monoisotopic (exact) mass is 666 g/mol. The number of hydrogen-bond donors (Lipinski definition) is 1. The third kappa shape index (κ3) is 27.0. The second kappa shape index (κ2) is 34.3. The maximum atomic E-state index is 4.66. The highest BCUT2D eigenvalue weighted by Crippen LogP contribution is 2.30. The van der Waals surface area contributed by atoms with Crippen molar-refractivity contribution in [3.05, 3.63) is 0 Å². The lowest BCUT2D eigenvalue weighted by molar-refractivity contribution is 0.534. The van der Waals surface area contributed by atoms with Gasteiger partial charge in [0.2, 0.25) is 0 Å². The highest BCUT2D eigenvalue weighted by Gasteiger charge is 2.38. The van der Waals surface area contributed by atoms with Crippen molar-refractivity contribution >= 4 is 16.5 Å². The molecule has 1 N–H and O–H groups in total. The summed E-state index contributed by atoms with van der Waals surface area (Å²) in [6, 6.07) is 8.91. The summed E-state index contributed by atoms with van der Waals surface area (Å²) in [7, 11) is -2.65. The van der Waals surface area contributed by atoms with E-state index in [1.165, 1.54) is 217 Å². The molecule has 0 fully saturated rings. The summed E-state index contributed by atoms with van der Waals surface area (Å²) in [5, 5.41) is 0. The molecule has 0 spiro atoms. The van der Waals surface area contributed by atoms with Crippen molar-refractivity contribution in [1.29, 1.82) is 0 Å². The predicted molar refractivity (Wildman–Crippen MR) is 216 cm³/mol. The molecule has 0 aliphatic rings. The van der Waals surface area contributed by atoms with Crippen LogP contribution in [0.25, 0.3) is 0 Å². The molecule has 0 aliphatic carbocycles. The van der Waals surface area contributed by atoms with E-state index in [-0.39, 0.29) is 0 Å². The van der Waals surface area contributed by atoms with Crippen molar-refractivity contribution in [3.8, 4) is 0 Å². The molecule has 0 rings (SSSR count). The van der Waals surface area contributed by atoms with Crippen molar-refractivity contribution in [3.63, 3.8) is 0 Å². The molecule has 0 radical (unpaired) electrons. The van der Waals surface area contributed by atoms with Crippen molar-refractivity contribution in [2.45, 2.75) is 270 Å². The van der Waals surface area contributed by atoms with Crippen molar-refractivity contribution in [1.82, 2.24) is 4.65 Å². The maximum absolute atomic E-state index is 4.66. The van der Waals surface area contributed by atoms with Crippen LogP contribution in [0.5, 0.6) is 0 Å². The summed E-state index contributed by atoms with van der Waals surface area (Å²) in [6.07, 6.45) is 44.2. The lowest BCUT2D eigenvalue weighted by Crippen LogP contribution is -2.63. The average Bonchev–Trinajstić information content (AvgIpc) is 3.07. The first-order valence-corrected chi connectivity index (χ1v) is 27.1. The minimum Gasteiger partial charge on any atom is -0.359 e. The van der Waals surface area contributed by atoms with E-state index >= 15 is 0 Å². The second-order valence-electron chi connectivity index (χ2n) is 15.5. The Hall–Kier alpha value is 0.394. The van der Waals surface area contributed by atoms with Gasteiger partial charge in [-0.15, -0.1) is 0 Å². The Bertz CT molecular complexity index is 509. The molecule has 0 unspecified atom stereocenters. The van der Waals surface area contributed by atoms with E-state index in [1.54, 1.807) is 12.1 Å². The molecular formula is C42H91NSi2. The van der Waals surface area contributed by atoms with Crippen molar-refractivity contribution in [2.24, 2.45) is 0 Å². The fourth-order valence-electron chi connectivity index (χ4n) is 7.92. The summed E-state index contributed by atoms with van der Waals surface area (Å²) < 4.78 is 4.66. The average molecular weight is 666 g/mol. The zero-order chi connectivity index (χ0) is 33.2. The maximum Gasteiger partial charge on any atom is 0.118 e. The minimum absolute atomic E-state index is 1.32. The smallest absolute Gasteiger partial charge is 0.118 e. The first-order chi connectivity index (χ1) is 22.1. The summed E-state index contributed by atoms with van der Waals surface area (Å²) in [5.41, 5.74) is 0. The van der Waals surface area contributed by atoms with Gasteiger partial charge in [0, 0.05) is 0 Å². The van der Waals surface area contributed by atoms with Crippen LogP contribution in [0.4, 0.5) is 0 Å². The molecule has 0 saturated heterocycles. The van der Waals surface area contributed by atoms with Gasteiger partial charge in [-0.25, -0.2) is 0 Å². The van der Waals surface area contributed by atoms with Gasteiger partial charge in [-0.2, -0.15) is 0 Å². The molecule has 0 bridgehead atoms. The van der Waals surface area contributed by atoms with Gasteiger partial charge in [-0.1, -0.05) is 234 Å². The molecule has 1 nitrogen and oxygen atoms in total. The second-order valence-corrected chi connectivity index (χ2v) is 25.4. The van der Waals surface area contributed by atoms with Gasteiger partial charge in [0.1, 0.15) is 16.5 Å². The summed E-state index contributed by atoms with van der Waals surface area (Å²) >= 11 is 0. The van der Waals surface area contributed by atoms with Crippen LogP contribution in [0.2, 0.25) is 36.3 Å². The van der Waals surface area contributed by atoms with E-state index in [9.17, 15) is 0 Å². The molecule has 0 aromatic carbocycles. The first-order valence-electron chi connectivity index (χ1n) is 21.9. The number of rotatable bonds is 38. The van der Waals surface area contributed by atoms with E-state index in [4.69, 9.17) is 0 Å². The summed E-state index contributed by atoms with van der Waals surface area (Å²) in [5.74, 6) is 0. The van der Waals surface area contributed by atoms with Crippen molar-refractivity contribution < 1.29 is 0 Å². The van der Waals surface area contributed by atoms with Crippen LogP contribution in [0.1, 0.15) is 234 Å². The quantitative estimate of drug-likeness (QED) is 0.0511. The Morgan fingerprint density at radius 3 is 0.600 bits per heavy atom. The van der Waals surface area contributed by atoms with E-state index in [2.05, 4.69) is 46.2 Å². The van der Waals surface area contributed by atoms with Gasteiger partial charge in [0.15, 0.2) is 0 Å². The first kappa shape index (κ1) is 45.4. The molecule has 0 amide bonds. The zero-order valence-electron chi connectivity index (χ0n) is 33.0. The Kier molecular flexibility index (Phi) is 34.6. The van der Waals surface area contributed by atoms with E-state index < -0.39 is 16.5 Å². The largest absolute Gasteiger partial charge is 0.359 e. The van der Waals surface area contributed by atoms with Gasteiger partial charge < -0.3 is 4.65 Å². The van der Waals surface area contributed by atoms with E-state index in [0.717, 1.165) is 0 Å². The molecule has 0 aromatic heterocycles. The Morgan fingerprint density at radius 1 is 0.244 bits per heavy atom. The van der Waals surface area contributed by atoms with Crippen LogP contribution < -0.4 is 4.65 Å². The standard InChI is InChI=1S/C42H91NSi2/c1-7-13-15-17-19-21-23-25-27-29-31-33-35-37-39-41-44(9-3,10-4)43-45(11-5,12-6)42-40-38-36-34-32-30-28-26-24-22-20-18-16-14-8-2/h43H,7-42H2,1-6H3. The highest BCUT2D eigenvalue weighted by atomic mass is 28.4. The van der Waals surface area contributed by atoms with Crippen LogP contribution in [0, 0.1) is 0 Å². The van der Waals surface area contributed by atoms with Crippen LogP contribution in [0.15, 0.2) is 0 Å². The fourth-order valence-corrected chi connectivity index (χ4v) is 20.5. The zero-order valence-corrected chi connectivity index (χ0v) is 35.0. The van der Waals surface area contributed by atoms with Gasteiger partial charge in [0.25, 0.3) is 0 Å². The molecule has 45 heavy (non-hydrogen) atoms. The molecular weight excluding hydrogens is 575 g/mol. The predicted octanol–water partition coefficient (Wildman–Crippen LogP) is 16.3. The SMILES string of the molecule is CCCCCCCCCCCCCCCCC[Si](CC)(CC)N[Si](CC)(CC)CCCCCCCCCCCCCCCCC. The highest BCUT2D eigenvalue weighted by molar-refractivity contribution is 6.93. The normalized spacial score (nSPS) is 12.4. The minimum atomic E-state index is -1.32. The van der Waals surface area contributed by atoms with Gasteiger partial charge in [-0.05, 0) is 36.3 Å². The Labute approximate surface area is 290 Å². The molecule has 0 heterocycles. The Morgan fingerprint density at radius 2 is 0.422 bits per heavy atom. The van der Waals surface area contributed by atoms with Crippen molar-refractivity contribution in [2.75, 3.05) is 0 Å². The third-order valence-corrected chi connectivity index (χ3v) is 24.0. The van der Waals surface area contributed by atoms with Crippen LogP contribution >= 0.6 is 0 Å². The molecule has 0 atom stereocenters. The number of hydrogen-bond acceptors (Lipinski definition) is 1. The van der Waals surface area contributed by atoms with E-state index in [1.807, 2.05) is 0 Å². The lowest BCUT2D eigenvalue weighted by atomic mass is 10.0. The molecule has 0 aliphatic heterocycles. The molecule has 0 saturated carbocycles. The number of unbranched alkanes of at least 4 members (excludes halogenated alkanes) is 28. The van der Waals surface area contributed by atoms with Crippen LogP contribution in [-0.4, -0.2) is 16.5 Å². The summed E-state index contributed by atoms with van der Waals surface area (Å²) in [4.78, 5) is 0.